The van der Waals surface area contributed by atoms with E-state index in [-0.39, 0.29) is 5.44 Å². The van der Waals surface area contributed by atoms with Crippen molar-refractivity contribution in [2.45, 2.75) is 31.1 Å². The molecule has 1 fully saturated rings. The van der Waals surface area contributed by atoms with Gasteiger partial charge in [0.05, 0.1) is 5.44 Å². The van der Waals surface area contributed by atoms with Gasteiger partial charge in [-0.2, -0.15) is 0 Å². The van der Waals surface area contributed by atoms with Crippen LogP contribution in [0.3, 0.4) is 0 Å². The molecule has 0 radical (unpaired) electrons. The smallest absolute Gasteiger partial charge is 0.0992 e. The lowest BCUT2D eigenvalue weighted by Crippen LogP contribution is -1.97. The zero-order valence-corrected chi connectivity index (χ0v) is 5.78. The number of aliphatic hydroxyl groups excluding tert-OH is 1. The Bertz CT molecular complexity index is 57.5. The van der Waals surface area contributed by atoms with E-state index in [0.717, 1.165) is 12.2 Å². The molecule has 0 unspecified atom stereocenters. The van der Waals surface area contributed by atoms with Crippen LogP contribution in [0.2, 0.25) is 0 Å². The summed E-state index contributed by atoms with van der Waals surface area (Å²) in [6.07, 6.45) is 4.82. The van der Waals surface area contributed by atoms with Crippen molar-refractivity contribution in [1.82, 2.24) is 0 Å². The minimum Gasteiger partial charge on any atom is -0.382 e. The molecule has 1 aliphatic heterocycles. The molecular weight excluding hydrogens is 120 g/mol. The van der Waals surface area contributed by atoms with E-state index in [9.17, 15) is 0 Å². The third kappa shape index (κ3) is 2.05. The van der Waals surface area contributed by atoms with Gasteiger partial charge in [0.25, 0.3) is 0 Å². The van der Waals surface area contributed by atoms with Crippen LogP contribution in [0.1, 0.15) is 25.7 Å². The summed E-state index contributed by atoms with van der Waals surface area (Å²) in [5.41, 5.74) is -0.0579. The van der Waals surface area contributed by atoms with Gasteiger partial charge in [0, 0.05) is 0 Å². The Morgan fingerprint density at radius 1 is 1.25 bits per heavy atom. The van der Waals surface area contributed by atoms with E-state index in [1.807, 2.05) is 0 Å². The van der Waals surface area contributed by atoms with E-state index in [4.69, 9.17) is 5.11 Å². The standard InChI is InChI=1S/C6H12OS/c7-6-4-2-1-3-5-8-6/h6-7H,1-5H2/t6-/m1/s1. The highest BCUT2D eigenvalue weighted by atomic mass is 32.2. The molecule has 0 aromatic heterocycles. The molecule has 1 aliphatic rings. The molecule has 1 atom stereocenters. The quantitative estimate of drug-likeness (QED) is 0.540. The van der Waals surface area contributed by atoms with E-state index < -0.39 is 0 Å². The van der Waals surface area contributed by atoms with Gasteiger partial charge >= 0.3 is 0 Å². The van der Waals surface area contributed by atoms with E-state index in [1.54, 1.807) is 11.8 Å². The fourth-order valence-corrected chi connectivity index (χ4v) is 1.88. The molecule has 0 saturated carbocycles. The van der Waals surface area contributed by atoms with E-state index in [2.05, 4.69) is 0 Å². The summed E-state index contributed by atoms with van der Waals surface area (Å²) in [7, 11) is 0. The van der Waals surface area contributed by atoms with Crippen molar-refractivity contribution in [3.63, 3.8) is 0 Å². The minimum absolute atomic E-state index is 0.0579. The Balaban J connectivity index is 2.17. The summed E-state index contributed by atoms with van der Waals surface area (Å²) in [5, 5.41) is 9.05. The van der Waals surface area contributed by atoms with E-state index in [0.29, 0.717) is 0 Å². The lowest BCUT2D eigenvalue weighted by atomic mass is 10.2. The molecule has 8 heavy (non-hydrogen) atoms. The van der Waals surface area contributed by atoms with Crippen LogP contribution in [0.15, 0.2) is 0 Å². The van der Waals surface area contributed by atoms with Crippen LogP contribution in [0.5, 0.6) is 0 Å². The van der Waals surface area contributed by atoms with Crippen molar-refractivity contribution in [2.75, 3.05) is 5.75 Å². The van der Waals surface area contributed by atoms with E-state index in [1.165, 1.54) is 19.3 Å². The summed E-state index contributed by atoms with van der Waals surface area (Å²) in [6.45, 7) is 0. The summed E-state index contributed by atoms with van der Waals surface area (Å²) in [6, 6.07) is 0. The first kappa shape index (κ1) is 6.43. The maximum Gasteiger partial charge on any atom is 0.0992 e. The summed E-state index contributed by atoms with van der Waals surface area (Å²) < 4.78 is 0. The Morgan fingerprint density at radius 3 is 3.00 bits per heavy atom. The van der Waals surface area contributed by atoms with Crippen LogP contribution in [0.25, 0.3) is 0 Å². The van der Waals surface area contributed by atoms with Gasteiger partial charge in [-0.15, -0.1) is 11.8 Å². The SMILES string of the molecule is O[C@H]1CCCCCS1. The largest absolute Gasteiger partial charge is 0.382 e. The molecule has 1 heterocycles. The zero-order valence-electron chi connectivity index (χ0n) is 4.97. The second kappa shape index (κ2) is 3.36. The average Bonchev–Trinajstić information content (AvgIpc) is 1.94. The van der Waals surface area contributed by atoms with Crippen molar-refractivity contribution in [3.8, 4) is 0 Å². The molecule has 48 valence electrons. The molecule has 2 heteroatoms. The molecule has 1 saturated heterocycles. The van der Waals surface area contributed by atoms with Gasteiger partial charge in [-0.3, -0.25) is 0 Å². The van der Waals surface area contributed by atoms with Crippen LogP contribution in [-0.4, -0.2) is 16.3 Å². The van der Waals surface area contributed by atoms with Crippen LogP contribution in [0.4, 0.5) is 0 Å². The number of hydrogen-bond acceptors (Lipinski definition) is 2. The normalized spacial score (nSPS) is 31.9. The first-order chi connectivity index (χ1) is 3.89. The Labute approximate surface area is 54.5 Å². The third-order valence-electron chi connectivity index (χ3n) is 1.41. The number of thioether (sulfide) groups is 1. The molecule has 1 N–H and O–H groups in total. The second-order valence-electron chi connectivity index (χ2n) is 2.17. The Kier molecular flexibility index (Phi) is 2.70. The number of rotatable bonds is 0. The first-order valence-corrected chi connectivity index (χ1v) is 4.24. The predicted octanol–water partition coefficient (Wildman–Crippen LogP) is 1.61. The van der Waals surface area contributed by atoms with Gasteiger partial charge < -0.3 is 5.11 Å². The molecule has 1 rings (SSSR count). The van der Waals surface area contributed by atoms with Crippen LogP contribution in [-0.2, 0) is 0 Å². The van der Waals surface area contributed by atoms with Gasteiger partial charge in [0.15, 0.2) is 0 Å². The average molecular weight is 132 g/mol. The molecule has 0 aromatic rings. The number of aliphatic hydroxyl groups is 1. The minimum atomic E-state index is -0.0579. The van der Waals surface area contributed by atoms with Crippen molar-refractivity contribution in [1.29, 1.82) is 0 Å². The molecule has 0 bridgehead atoms. The first-order valence-electron chi connectivity index (χ1n) is 3.19. The fourth-order valence-electron chi connectivity index (χ4n) is 0.901. The van der Waals surface area contributed by atoms with Gasteiger partial charge in [0.2, 0.25) is 0 Å². The lowest BCUT2D eigenvalue weighted by molar-refractivity contribution is 0.251. The predicted molar refractivity (Wildman–Crippen MR) is 36.9 cm³/mol. The highest BCUT2D eigenvalue weighted by Gasteiger charge is 2.06. The highest BCUT2D eigenvalue weighted by molar-refractivity contribution is 7.99. The van der Waals surface area contributed by atoms with Crippen LogP contribution in [0, 0.1) is 0 Å². The molecule has 0 aromatic carbocycles. The summed E-state index contributed by atoms with van der Waals surface area (Å²) in [4.78, 5) is 0. The summed E-state index contributed by atoms with van der Waals surface area (Å²) >= 11 is 1.69. The van der Waals surface area contributed by atoms with Crippen molar-refractivity contribution in [3.05, 3.63) is 0 Å². The highest BCUT2D eigenvalue weighted by Crippen LogP contribution is 2.21. The number of hydrogen-bond donors (Lipinski definition) is 1. The van der Waals surface area contributed by atoms with Crippen molar-refractivity contribution < 1.29 is 5.11 Å². The molecule has 0 spiro atoms. The Hall–Kier alpha value is 0.310. The van der Waals surface area contributed by atoms with Gasteiger partial charge in [-0.05, 0) is 25.0 Å². The van der Waals surface area contributed by atoms with E-state index >= 15 is 0 Å². The fraction of sp³-hybridized carbons (Fsp3) is 1.00. The van der Waals surface area contributed by atoms with Crippen molar-refractivity contribution >= 4 is 11.8 Å². The third-order valence-corrected chi connectivity index (χ3v) is 2.55. The Morgan fingerprint density at radius 2 is 2.12 bits per heavy atom. The van der Waals surface area contributed by atoms with Crippen molar-refractivity contribution in [2.24, 2.45) is 0 Å². The zero-order chi connectivity index (χ0) is 5.82. The van der Waals surface area contributed by atoms with Gasteiger partial charge in [-0.25, -0.2) is 0 Å². The molecule has 0 amide bonds. The molecule has 1 nitrogen and oxygen atoms in total. The molecular formula is C6H12OS. The van der Waals surface area contributed by atoms with Crippen LogP contribution >= 0.6 is 11.8 Å². The summed E-state index contributed by atoms with van der Waals surface area (Å²) in [5.74, 6) is 1.15. The maximum atomic E-state index is 9.05. The van der Waals surface area contributed by atoms with Crippen LogP contribution < -0.4 is 0 Å². The topological polar surface area (TPSA) is 20.2 Å². The maximum absolute atomic E-state index is 9.05. The molecule has 0 aliphatic carbocycles. The second-order valence-corrected chi connectivity index (χ2v) is 3.46. The van der Waals surface area contributed by atoms with Gasteiger partial charge in [-0.1, -0.05) is 6.42 Å². The lowest BCUT2D eigenvalue weighted by Gasteiger charge is -2.01. The van der Waals surface area contributed by atoms with Gasteiger partial charge in [0.1, 0.15) is 0 Å². The monoisotopic (exact) mass is 132 g/mol.